The van der Waals surface area contributed by atoms with E-state index in [2.05, 4.69) is 15.9 Å². The second kappa shape index (κ2) is 5.75. The predicted molar refractivity (Wildman–Crippen MR) is 83.4 cm³/mol. The number of nitrogens with zero attached hydrogens (tertiary/aromatic N) is 1. The molecule has 1 aromatic heterocycles. The fourth-order valence-electron chi connectivity index (χ4n) is 1.84. The van der Waals surface area contributed by atoms with Crippen molar-refractivity contribution in [1.82, 2.24) is 4.90 Å². The maximum atomic E-state index is 12.3. The van der Waals surface area contributed by atoms with E-state index in [1.54, 1.807) is 4.90 Å². The Hall–Kier alpha value is -1.33. The number of thiophene rings is 1. The molecule has 2 aromatic rings. The molecule has 1 unspecified atom stereocenters. The number of amides is 1. The van der Waals surface area contributed by atoms with Crippen molar-refractivity contribution >= 4 is 38.9 Å². The number of carbonyl (C=O) groups is 1. The van der Waals surface area contributed by atoms with Gasteiger partial charge in [-0.1, -0.05) is 12.1 Å². The third-order valence-corrected chi connectivity index (χ3v) is 4.61. The van der Waals surface area contributed by atoms with Gasteiger partial charge in [0.2, 0.25) is 0 Å². The molecule has 19 heavy (non-hydrogen) atoms. The standard InChI is InChI=1S/C14H15BrN2OS/c1-9(10-4-3-5-12(16)6-10)17(2)14(18)11-7-13(15)19-8-11/h3-9H,16H2,1-2H3. The summed E-state index contributed by atoms with van der Waals surface area (Å²) in [6, 6.07) is 9.45. The van der Waals surface area contributed by atoms with Crippen LogP contribution in [-0.2, 0) is 0 Å². The summed E-state index contributed by atoms with van der Waals surface area (Å²) in [7, 11) is 1.81. The number of nitrogens with two attached hydrogens (primary N) is 1. The molecule has 1 aromatic carbocycles. The number of rotatable bonds is 3. The number of carbonyl (C=O) groups excluding carboxylic acids is 1. The molecule has 0 fully saturated rings. The first-order valence-electron chi connectivity index (χ1n) is 5.85. The summed E-state index contributed by atoms with van der Waals surface area (Å²) >= 11 is 4.88. The molecule has 3 nitrogen and oxygen atoms in total. The van der Waals surface area contributed by atoms with E-state index in [1.807, 2.05) is 49.7 Å². The third kappa shape index (κ3) is 3.16. The Kier molecular flexibility index (Phi) is 4.27. The fraction of sp³-hybridized carbons (Fsp3) is 0.214. The number of halogens is 1. The summed E-state index contributed by atoms with van der Waals surface area (Å²) < 4.78 is 0.959. The first-order chi connectivity index (χ1) is 8.99. The summed E-state index contributed by atoms with van der Waals surface area (Å²) in [5.74, 6) is 0.0110. The molecule has 0 spiro atoms. The number of anilines is 1. The molecule has 5 heteroatoms. The average Bonchev–Trinajstić information content (AvgIpc) is 2.83. The van der Waals surface area contributed by atoms with E-state index in [1.165, 1.54) is 11.3 Å². The van der Waals surface area contributed by atoms with Crippen LogP contribution >= 0.6 is 27.3 Å². The Bertz CT molecular complexity index is 597. The Morgan fingerprint density at radius 1 is 1.42 bits per heavy atom. The van der Waals surface area contributed by atoms with Crippen LogP contribution in [0.5, 0.6) is 0 Å². The van der Waals surface area contributed by atoms with Gasteiger partial charge in [-0.2, -0.15) is 0 Å². The van der Waals surface area contributed by atoms with Gasteiger partial charge in [-0.3, -0.25) is 4.79 Å². The van der Waals surface area contributed by atoms with Crippen molar-refractivity contribution in [2.45, 2.75) is 13.0 Å². The highest BCUT2D eigenvalue weighted by Crippen LogP contribution is 2.25. The molecule has 0 saturated carbocycles. The highest BCUT2D eigenvalue weighted by atomic mass is 79.9. The highest BCUT2D eigenvalue weighted by Gasteiger charge is 2.19. The van der Waals surface area contributed by atoms with Crippen molar-refractivity contribution in [3.63, 3.8) is 0 Å². The van der Waals surface area contributed by atoms with Gasteiger partial charge in [0.05, 0.1) is 15.4 Å². The lowest BCUT2D eigenvalue weighted by Gasteiger charge is -2.25. The Balaban J connectivity index is 2.19. The van der Waals surface area contributed by atoms with Gasteiger partial charge in [0, 0.05) is 18.1 Å². The Morgan fingerprint density at radius 2 is 2.16 bits per heavy atom. The van der Waals surface area contributed by atoms with Crippen molar-refractivity contribution < 1.29 is 4.79 Å². The van der Waals surface area contributed by atoms with Crippen LogP contribution in [0.15, 0.2) is 39.5 Å². The van der Waals surface area contributed by atoms with E-state index in [4.69, 9.17) is 5.73 Å². The molecule has 0 saturated heterocycles. The normalized spacial score (nSPS) is 12.2. The molecule has 0 aliphatic carbocycles. The van der Waals surface area contributed by atoms with E-state index in [0.717, 1.165) is 9.35 Å². The molecule has 2 rings (SSSR count). The monoisotopic (exact) mass is 338 g/mol. The average molecular weight is 339 g/mol. The van der Waals surface area contributed by atoms with Crippen LogP contribution < -0.4 is 5.73 Å². The van der Waals surface area contributed by atoms with E-state index in [9.17, 15) is 4.79 Å². The molecule has 0 radical (unpaired) electrons. The molecule has 2 N–H and O–H groups in total. The minimum atomic E-state index is -0.0188. The quantitative estimate of drug-likeness (QED) is 0.862. The maximum Gasteiger partial charge on any atom is 0.254 e. The van der Waals surface area contributed by atoms with Crippen LogP contribution in [0.3, 0.4) is 0 Å². The number of benzene rings is 1. The molecule has 1 atom stereocenters. The number of hydrogen-bond donors (Lipinski definition) is 1. The van der Waals surface area contributed by atoms with Crippen LogP contribution in [-0.4, -0.2) is 17.9 Å². The van der Waals surface area contributed by atoms with Gasteiger partial charge in [0.25, 0.3) is 5.91 Å². The van der Waals surface area contributed by atoms with Crippen LogP contribution in [0.4, 0.5) is 5.69 Å². The van der Waals surface area contributed by atoms with E-state index < -0.39 is 0 Å². The van der Waals surface area contributed by atoms with Crippen molar-refractivity contribution in [3.8, 4) is 0 Å². The summed E-state index contributed by atoms with van der Waals surface area (Å²) in [6.45, 7) is 1.99. The summed E-state index contributed by atoms with van der Waals surface area (Å²) in [5.41, 5.74) is 8.23. The molecule has 0 aliphatic rings. The van der Waals surface area contributed by atoms with E-state index in [-0.39, 0.29) is 11.9 Å². The highest BCUT2D eigenvalue weighted by molar-refractivity contribution is 9.11. The van der Waals surface area contributed by atoms with Crippen LogP contribution in [0.1, 0.15) is 28.9 Å². The topological polar surface area (TPSA) is 46.3 Å². The predicted octanol–water partition coefficient (Wildman–Crippen LogP) is 3.93. The zero-order valence-corrected chi connectivity index (χ0v) is 13.2. The smallest absolute Gasteiger partial charge is 0.254 e. The number of nitrogen functional groups attached to an aromatic ring is 1. The summed E-state index contributed by atoms with van der Waals surface area (Å²) in [6.07, 6.45) is 0. The van der Waals surface area contributed by atoms with Crippen LogP contribution in [0.2, 0.25) is 0 Å². The zero-order chi connectivity index (χ0) is 14.0. The lowest BCUT2D eigenvalue weighted by molar-refractivity contribution is 0.0743. The van der Waals surface area contributed by atoms with Crippen molar-refractivity contribution in [2.75, 3.05) is 12.8 Å². The van der Waals surface area contributed by atoms with E-state index >= 15 is 0 Å². The maximum absolute atomic E-state index is 12.3. The molecular weight excluding hydrogens is 324 g/mol. The van der Waals surface area contributed by atoms with Crippen LogP contribution in [0, 0.1) is 0 Å². The van der Waals surface area contributed by atoms with Gasteiger partial charge >= 0.3 is 0 Å². The van der Waals surface area contributed by atoms with Gasteiger partial charge in [-0.15, -0.1) is 11.3 Å². The van der Waals surface area contributed by atoms with Crippen molar-refractivity contribution in [2.24, 2.45) is 0 Å². The SMILES string of the molecule is CC(c1cccc(N)c1)N(C)C(=O)c1csc(Br)c1. The molecule has 1 heterocycles. The van der Waals surface area contributed by atoms with Crippen molar-refractivity contribution in [3.05, 3.63) is 50.6 Å². The van der Waals surface area contributed by atoms with Gasteiger partial charge < -0.3 is 10.6 Å². The molecule has 100 valence electrons. The van der Waals surface area contributed by atoms with Gasteiger partial charge in [0.15, 0.2) is 0 Å². The second-order valence-electron chi connectivity index (χ2n) is 4.40. The molecule has 0 bridgehead atoms. The lowest BCUT2D eigenvalue weighted by atomic mass is 10.1. The fourth-order valence-corrected chi connectivity index (χ4v) is 2.97. The number of hydrogen-bond acceptors (Lipinski definition) is 3. The van der Waals surface area contributed by atoms with Gasteiger partial charge in [-0.25, -0.2) is 0 Å². The third-order valence-electron chi connectivity index (χ3n) is 3.11. The Labute approximate surface area is 125 Å². The second-order valence-corrected chi connectivity index (χ2v) is 6.69. The van der Waals surface area contributed by atoms with Gasteiger partial charge in [-0.05, 0) is 46.6 Å². The largest absolute Gasteiger partial charge is 0.399 e. The molecule has 0 aliphatic heterocycles. The summed E-state index contributed by atoms with van der Waals surface area (Å²) in [4.78, 5) is 14.1. The molecule has 1 amide bonds. The van der Waals surface area contributed by atoms with E-state index in [0.29, 0.717) is 11.3 Å². The van der Waals surface area contributed by atoms with Gasteiger partial charge in [0.1, 0.15) is 0 Å². The van der Waals surface area contributed by atoms with Crippen LogP contribution in [0.25, 0.3) is 0 Å². The van der Waals surface area contributed by atoms with Crippen molar-refractivity contribution in [1.29, 1.82) is 0 Å². The minimum Gasteiger partial charge on any atom is -0.399 e. The first kappa shape index (κ1) is 14.1. The lowest BCUT2D eigenvalue weighted by Crippen LogP contribution is -2.29. The first-order valence-corrected chi connectivity index (χ1v) is 7.53. The Morgan fingerprint density at radius 3 is 2.74 bits per heavy atom. The summed E-state index contributed by atoms with van der Waals surface area (Å²) in [5, 5.41) is 1.86. The minimum absolute atomic E-state index is 0.0110. The zero-order valence-electron chi connectivity index (χ0n) is 10.8. The molecular formula is C14H15BrN2OS.